The normalized spacial score (nSPS) is 17.7. The lowest BCUT2D eigenvalue weighted by atomic mass is 10.1. The Bertz CT molecular complexity index is 674. The number of nitrogens with two attached hydrogens (primary N) is 1. The molecule has 2 aliphatic rings. The van der Waals surface area contributed by atoms with Gasteiger partial charge in [0.05, 0.1) is 11.1 Å². The standard InChI is InChI=1S/C12H7N3O4/c13-6-1-2-7-8(5-6)12(19)15(11(7)18)14-9(16)3-4-10(14)17/h1-5H,13H2. The van der Waals surface area contributed by atoms with Crippen molar-refractivity contribution in [1.82, 2.24) is 10.0 Å². The van der Waals surface area contributed by atoms with Crippen LogP contribution in [0.4, 0.5) is 5.69 Å². The van der Waals surface area contributed by atoms with Crippen LogP contribution in [0.5, 0.6) is 0 Å². The summed E-state index contributed by atoms with van der Waals surface area (Å²) < 4.78 is 0. The molecule has 4 amide bonds. The summed E-state index contributed by atoms with van der Waals surface area (Å²) >= 11 is 0. The molecule has 0 bridgehead atoms. The molecule has 2 aliphatic heterocycles. The second-order valence-electron chi connectivity index (χ2n) is 4.05. The number of fused-ring (bicyclic) bond motifs is 1. The van der Waals surface area contributed by atoms with Crippen LogP contribution in [0.2, 0.25) is 0 Å². The number of imide groups is 2. The molecule has 0 fully saturated rings. The van der Waals surface area contributed by atoms with Crippen LogP contribution < -0.4 is 5.73 Å². The third kappa shape index (κ3) is 1.38. The van der Waals surface area contributed by atoms with E-state index in [1.165, 1.54) is 18.2 Å². The van der Waals surface area contributed by atoms with Crippen molar-refractivity contribution in [3.05, 3.63) is 41.5 Å². The van der Waals surface area contributed by atoms with Crippen molar-refractivity contribution in [3.63, 3.8) is 0 Å². The van der Waals surface area contributed by atoms with Gasteiger partial charge in [-0.15, -0.1) is 0 Å². The van der Waals surface area contributed by atoms with E-state index in [2.05, 4.69) is 0 Å². The van der Waals surface area contributed by atoms with Crippen molar-refractivity contribution in [1.29, 1.82) is 0 Å². The van der Waals surface area contributed by atoms with E-state index in [-0.39, 0.29) is 11.1 Å². The van der Waals surface area contributed by atoms with Gasteiger partial charge in [0, 0.05) is 17.8 Å². The lowest BCUT2D eigenvalue weighted by Crippen LogP contribution is -2.49. The van der Waals surface area contributed by atoms with Gasteiger partial charge in [0.1, 0.15) is 0 Å². The molecular formula is C12H7N3O4. The summed E-state index contributed by atoms with van der Waals surface area (Å²) in [6.07, 6.45) is 2.00. The van der Waals surface area contributed by atoms with Gasteiger partial charge in [0.2, 0.25) is 0 Å². The number of benzene rings is 1. The number of hydrogen-bond acceptors (Lipinski definition) is 5. The second-order valence-corrected chi connectivity index (χ2v) is 4.05. The van der Waals surface area contributed by atoms with Gasteiger partial charge in [-0.1, -0.05) is 0 Å². The van der Waals surface area contributed by atoms with Gasteiger partial charge in [0.15, 0.2) is 0 Å². The number of carbonyl (C=O) groups excluding carboxylic acids is 4. The molecule has 1 aromatic rings. The van der Waals surface area contributed by atoms with Gasteiger partial charge in [-0.05, 0) is 18.2 Å². The number of hydrogen-bond donors (Lipinski definition) is 1. The summed E-state index contributed by atoms with van der Waals surface area (Å²) in [7, 11) is 0. The third-order valence-electron chi connectivity index (χ3n) is 2.88. The fraction of sp³-hybridized carbons (Fsp3) is 0. The Hall–Kier alpha value is -2.96. The Morgan fingerprint density at radius 2 is 1.37 bits per heavy atom. The average Bonchev–Trinajstić information content (AvgIpc) is 2.80. The molecule has 0 saturated carbocycles. The van der Waals surface area contributed by atoms with E-state index in [1.54, 1.807) is 0 Å². The van der Waals surface area contributed by atoms with Crippen LogP contribution in [-0.4, -0.2) is 33.6 Å². The summed E-state index contributed by atoms with van der Waals surface area (Å²) in [5.74, 6) is -2.91. The molecule has 2 heterocycles. The number of anilines is 1. The summed E-state index contributed by atoms with van der Waals surface area (Å²) in [5, 5.41) is 1.05. The predicted octanol–water partition coefficient (Wildman–Crippen LogP) is -0.295. The predicted molar refractivity (Wildman–Crippen MR) is 62.3 cm³/mol. The molecule has 19 heavy (non-hydrogen) atoms. The van der Waals surface area contributed by atoms with Crippen LogP contribution >= 0.6 is 0 Å². The van der Waals surface area contributed by atoms with E-state index < -0.39 is 23.6 Å². The smallest absolute Gasteiger partial charge is 0.281 e. The highest BCUT2D eigenvalue weighted by Crippen LogP contribution is 2.27. The van der Waals surface area contributed by atoms with Crippen LogP contribution in [0.3, 0.4) is 0 Å². The van der Waals surface area contributed by atoms with Crippen LogP contribution in [0.15, 0.2) is 30.4 Å². The molecule has 0 aromatic heterocycles. The zero-order valence-corrected chi connectivity index (χ0v) is 9.49. The quantitative estimate of drug-likeness (QED) is 0.550. The first kappa shape index (κ1) is 11.1. The first-order valence-corrected chi connectivity index (χ1v) is 5.35. The van der Waals surface area contributed by atoms with Crippen LogP contribution in [0.1, 0.15) is 20.7 Å². The largest absolute Gasteiger partial charge is 0.399 e. The topological polar surface area (TPSA) is 101 Å². The molecule has 0 atom stereocenters. The van der Waals surface area contributed by atoms with Gasteiger partial charge < -0.3 is 5.73 Å². The molecule has 0 unspecified atom stereocenters. The molecule has 3 rings (SSSR count). The number of nitrogen functional groups attached to an aromatic ring is 1. The lowest BCUT2D eigenvalue weighted by Gasteiger charge is -2.22. The molecule has 1 aromatic carbocycles. The summed E-state index contributed by atoms with van der Waals surface area (Å²) in [5.41, 5.74) is 6.07. The van der Waals surface area contributed by atoms with Gasteiger partial charge in [-0.25, -0.2) is 0 Å². The summed E-state index contributed by atoms with van der Waals surface area (Å²) in [4.78, 5) is 47.3. The number of carbonyl (C=O) groups is 4. The molecule has 0 spiro atoms. The Balaban J connectivity index is 2.08. The van der Waals surface area contributed by atoms with Crippen LogP contribution in [-0.2, 0) is 9.59 Å². The van der Waals surface area contributed by atoms with Crippen molar-refractivity contribution < 1.29 is 19.2 Å². The maximum Gasteiger partial charge on any atom is 0.281 e. The van der Waals surface area contributed by atoms with Crippen LogP contribution in [0.25, 0.3) is 0 Å². The highest BCUT2D eigenvalue weighted by atomic mass is 16.2. The molecule has 0 radical (unpaired) electrons. The fourth-order valence-corrected chi connectivity index (χ4v) is 2.02. The van der Waals surface area contributed by atoms with Crippen LogP contribution in [0, 0.1) is 0 Å². The molecule has 0 saturated heterocycles. The van der Waals surface area contributed by atoms with Crippen molar-refractivity contribution in [3.8, 4) is 0 Å². The van der Waals surface area contributed by atoms with Crippen molar-refractivity contribution >= 4 is 29.3 Å². The first-order chi connectivity index (χ1) is 9.00. The van der Waals surface area contributed by atoms with Crippen molar-refractivity contribution in [2.45, 2.75) is 0 Å². The highest BCUT2D eigenvalue weighted by molar-refractivity contribution is 6.25. The molecule has 7 heteroatoms. The minimum Gasteiger partial charge on any atom is -0.399 e. The molecule has 7 nitrogen and oxygen atoms in total. The zero-order chi connectivity index (χ0) is 13.7. The minimum atomic E-state index is -0.738. The van der Waals surface area contributed by atoms with Gasteiger partial charge in [0.25, 0.3) is 23.6 Å². The maximum absolute atomic E-state index is 12.1. The SMILES string of the molecule is Nc1ccc2c(c1)C(=O)N(N1C(=O)C=CC1=O)C2=O. The average molecular weight is 257 g/mol. The number of rotatable bonds is 1. The molecular weight excluding hydrogens is 250 g/mol. The van der Waals surface area contributed by atoms with E-state index in [0.717, 1.165) is 12.2 Å². The van der Waals surface area contributed by atoms with Crippen molar-refractivity contribution in [2.75, 3.05) is 5.73 Å². The van der Waals surface area contributed by atoms with Gasteiger partial charge >= 0.3 is 0 Å². The van der Waals surface area contributed by atoms with E-state index in [1.807, 2.05) is 0 Å². The summed E-state index contributed by atoms with van der Waals surface area (Å²) in [6, 6.07) is 4.21. The Labute approximate surface area is 106 Å². The number of amides is 4. The van der Waals surface area contributed by atoms with E-state index in [0.29, 0.717) is 15.7 Å². The lowest BCUT2D eigenvalue weighted by molar-refractivity contribution is -0.148. The van der Waals surface area contributed by atoms with E-state index >= 15 is 0 Å². The van der Waals surface area contributed by atoms with Gasteiger partial charge in [-0.3, -0.25) is 19.2 Å². The van der Waals surface area contributed by atoms with E-state index in [4.69, 9.17) is 5.73 Å². The molecule has 0 aliphatic carbocycles. The molecule has 94 valence electrons. The second kappa shape index (κ2) is 3.52. The Kier molecular flexibility index (Phi) is 2.06. The first-order valence-electron chi connectivity index (χ1n) is 5.35. The Morgan fingerprint density at radius 1 is 0.789 bits per heavy atom. The monoisotopic (exact) mass is 257 g/mol. The van der Waals surface area contributed by atoms with Gasteiger partial charge in [-0.2, -0.15) is 10.0 Å². The molecule has 2 N–H and O–H groups in total. The van der Waals surface area contributed by atoms with Crippen molar-refractivity contribution in [2.24, 2.45) is 0 Å². The maximum atomic E-state index is 12.1. The van der Waals surface area contributed by atoms with E-state index in [9.17, 15) is 19.2 Å². The summed E-state index contributed by atoms with van der Waals surface area (Å²) in [6.45, 7) is 0. The fourth-order valence-electron chi connectivity index (χ4n) is 2.02. The highest BCUT2D eigenvalue weighted by Gasteiger charge is 2.44. The number of nitrogens with zero attached hydrogens (tertiary/aromatic N) is 2. The Morgan fingerprint density at radius 3 is 2.00 bits per heavy atom. The number of hydrazine groups is 1. The minimum absolute atomic E-state index is 0.0810. The zero-order valence-electron chi connectivity index (χ0n) is 9.49. The third-order valence-corrected chi connectivity index (χ3v) is 2.88.